The van der Waals surface area contributed by atoms with Crippen molar-refractivity contribution in [1.82, 2.24) is 20.3 Å². The molecule has 1 amide bonds. The van der Waals surface area contributed by atoms with Gasteiger partial charge in [0.05, 0.1) is 6.54 Å². The van der Waals surface area contributed by atoms with Gasteiger partial charge in [-0.15, -0.1) is 5.10 Å². The van der Waals surface area contributed by atoms with Gasteiger partial charge in [-0.1, -0.05) is 57.0 Å². The van der Waals surface area contributed by atoms with Crippen molar-refractivity contribution in [3.8, 4) is 0 Å². The Morgan fingerprint density at radius 1 is 1.27 bits per heavy atom. The maximum Gasteiger partial charge on any atom is 0.275 e. The third kappa shape index (κ3) is 4.03. The number of rotatable bonds is 5. The van der Waals surface area contributed by atoms with Crippen LogP contribution < -0.4 is 11.1 Å². The van der Waals surface area contributed by atoms with Crippen molar-refractivity contribution in [2.24, 2.45) is 0 Å². The largest absolute Gasteiger partial charge is 0.382 e. The zero-order chi connectivity index (χ0) is 18.7. The molecule has 134 valence electrons. The molecule has 0 radical (unpaired) electrons. The van der Waals surface area contributed by atoms with Gasteiger partial charge in [-0.05, 0) is 23.8 Å². The lowest BCUT2D eigenvalue weighted by atomic mass is 10.2. The van der Waals surface area contributed by atoms with Gasteiger partial charge < -0.3 is 11.1 Å². The Balaban J connectivity index is 1.72. The number of benzene rings is 2. The zero-order valence-electron chi connectivity index (χ0n) is 13.4. The van der Waals surface area contributed by atoms with E-state index in [1.807, 2.05) is 6.07 Å². The summed E-state index contributed by atoms with van der Waals surface area (Å²) in [6.45, 7) is 0.294. The van der Waals surface area contributed by atoms with E-state index >= 15 is 0 Å². The van der Waals surface area contributed by atoms with Gasteiger partial charge in [0, 0.05) is 21.6 Å². The first kappa shape index (κ1) is 18.3. The highest BCUT2D eigenvalue weighted by Crippen LogP contribution is 2.18. The van der Waals surface area contributed by atoms with Crippen molar-refractivity contribution in [1.29, 1.82) is 0 Å². The van der Waals surface area contributed by atoms with Gasteiger partial charge in [0.25, 0.3) is 5.91 Å². The number of nitrogen functional groups attached to an aromatic ring is 1. The van der Waals surface area contributed by atoms with E-state index in [9.17, 15) is 9.18 Å². The van der Waals surface area contributed by atoms with Gasteiger partial charge in [0.15, 0.2) is 11.5 Å². The number of nitrogens with one attached hydrogen (secondary N) is 1. The molecule has 0 aliphatic heterocycles. The fraction of sp³-hybridized carbons (Fsp3) is 0.118. The highest BCUT2D eigenvalue weighted by molar-refractivity contribution is 9.10. The summed E-state index contributed by atoms with van der Waals surface area (Å²) >= 11 is 9.26. The number of nitrogens with two attached hydrogens (primary N) is 1. The number of halogens is 3. The minimum atomic E-state index is -0.482. The molecule has 0 saturated carbocycles. The summed E-state index contributed by atoms with van der Waals surface area (Å²) in [5.41, 5.74) is 7.08. The molecule has 0 atom stereocenters. The average Bonchev–Trinajstić information content (AvgIpc) is 2.97. The van der Waals surface area contributed by atoms with Crippen LogP contribution in [0.4, 0.5) is 10.2 Å². The summed E-state index contributed by atoms with van der Waals surface area (Å²) in [7, 11) is 0. The summed E-state index contributed by atoms with van der Waals surface area (Å²) in [5, 5.41) is 10.9. The fourth-order valence-corrected chi connectivity index (χ4v) is 2.85. The first-order valence-electron chi connectivity index (χ1n) is 7.60. The topological polar surface area (TPSA) is 85.8 Å². The summed E-state index contributed by atoms with van der Waals surface area (Å²) in [5.74, 6) is -0.826. The summed E-state index contributed by atoms with van der Waals surface area (Å²) in [6.07, 6.45) is 0. The summed E-state index contributed by atoms with van der Waals surface area (Å²) < 4.78 is 15.9. The molecular weight excluding hydrogens is 425 g/mol. The van der Waals surface area contributed by atoms with Gasteiger partial charge in [0.1, 0.15) is 5.82 Å². The van der Waals surface area contributed by atoms with E-state index in [0.717, 1.165) is 5.56 Å². The predicted molar refractivity (Wildman–Crippen MR) is 100 cm³/mol. The van der Waals surface area contributed by atoms with Crippen LogP contribution in [0, 0.1) is 5.82 Å². The van der Waals surface area contributed by atoms with Crippen LogP contribution in [0.25, 0.3) is 0 Å². The van der Waals surface area contributed by atoms with Crippen LogP contribution in [-0.4, -0.2) is 20.9 Å². The normalized spacial score (nSPS) is 10.7. The third-order valence-electron chi connectivity index (χ3n) is 3.72. The van der Waals surface area contributed by atoms with Gasteiger partial charge in [-0.2, -0.15) is 0 Å². The standard InChI is InChI=1S/C17H14BrClFN5O/c18-12-6-5-11(14(20)7-12)9-25-16(21)15(23-24-25)17(26)22-8-10-3-1-2-4-13(10)19/h1-7H,8-9,21H2,(H,22,26). The molecule has 0 unspecified atom stereocenters. The number of hydrogen-bond donors (Lipinski definition) is 2. The predicted octanol–water partition coefficient (Wildman–Crippen LogP) is 3.39. The Hall–Kier alpha value is -2.45. The van der Waals surface area contributed by atoms with Crippen molar-refractivity contribution in [2.45, 2.75) is 13.1 Å². The molecule has 0 aliphatic carbocycles. The van der Waals surface area contributed by atoms with Gasteiger partial charge >= 0.3 is 0 Å². The van der Waals surface area contributed by atoms with Crippen LogP contribution in [0.1, 0.15) is 21.6 Å². The molecule has 3 rings (SSSR count). The second-order valence-corrected chi connectivity index (χ2v) is 6.81. The number of hydrogen-bond acceptors (Lipinski definition) is 4. The fourth-order valence-electron chi connectivity index (χ4n) is 2.31. The van der Waals surface area contributed by atoms with Crippen LogP contribution >= 0.6 is 27.5 Å². The number of carbonyl (C=O) groups excluding carboxylic acids is 1. The molecule has 3 N–H and O–H groups in total. The number of anilines is 1. The van der Waals surface area contributed by atoms with Crippen molar-refractivity contribution < 1.29 is 9.18 Å². The lowest BCUT2D eigenvalue weighted by Crippen LogP contribution is -2.24. The van der Waals surface area contributed by atoms with Gasteiger partial charge in [0.2, 0.25) is 0 Å². The Labute approximate surface area is 162 Å². The zero-order valence-corrected chi connectivity index (χ0v) is 15.8. The van der Waals surface area contributed by atoms with Crippen LogP contribution in [0.5, 0.6) is 0 Å². The minimum Gasteiger partial charge on any atom is -0.382 e. The quantitative estimate of drug-likeness (QED) is 0.639. The molecule has 3 aromatic rings. The molecule has 2 aromatic carbocycles. The molecule has 1 heterocycles. The SMILES string of the molecule is Nc1c(C(=O)NCc2ccccc2Cl)nnn1Cc1ccc(Br)cc1F. The second kappa shape index (κ2) is 7.84. The van der Waals surface area contributed by atoms with Crippen LogP contribution in [0.15, 0.2) is 46.9 Å². The Bertz CT molecular complexity index is 962. The molecule has 1 aromatic heterocycles. The van der Waals surface area contributed by atoms with E-state index in [1.165, 1.54) is 10.7 Å². The number of nitrogens with zero attached hydrogens (tertiary/aromatic N) is 3. The Kier molecular flexibility index (Phi) is 5.53. The minimum absolute atomic E-state index is 0.0189. The molecular formula is C17H14BrClFN5O. The van der Waals surface area contributed by atoms with Crippen molar-refractivity contribution >= 4 is 39.3 Å². The molecule has 0 fully saturated rings. The van der Waals surface area contributed by atoms with E-state index in [2.05, 4.69) is 31.6 Å². The van der Waals surface area contributed by atoms with Gasteiger partial charge in [-0.25, -0.2) is 9.07 Å². The lowest BCUT2D eigenvalue weighted by molar-refractivity contribution is 0.0947. The number of amides is 1. The van der Waals surface area contributed by atoms with Crippen LogP contribution in [-0.2, 0) is 13.1 Å². The van der Waals surface area contributed by atoms with E-state index in [-0.39, 0.29) is 24.6 Å². The number of aromatic nitrogens is 3. The summed E-state index contributed by atoms with van der Waals surface area (Å²) in [4.78, 5) is 12.3. The third-order valence-corrected chi connectivity index (χ3v) is 4.58. The Morgan fingerprint density at radius 2 is 2.04 bits per heavy atom. The monoisotopic (exact) mass is 437 g/mol. The van der Waals surface area contributed by atoms with E-state index in [1.54, 1.807) is 30.3 Å². The van der Waals surface area contributed by atoms with Crippen LogP contribution in [0.2, 0.25) is 5.02 Å². The molecule has 9 heteroatoms. The maximum absolute atomic E-state index is 14.0. The first-order valence-corrected chi connectivity index (χ1v) is 8.77. The van der Waals surface area contributed by atoms with E-state index in [4.69, 9.17) is 17.3 Å². The average molecular weight is 439 g/mol. The van der Waals surface area contributed by atoms with E-state index < -0.39 is 11.7 Å². The molecule has 0 aliphatic rings. The van der Waals surface area contributed by atoms with Crippen molar-refractivity contribution in [3.63, 3.8) is 0 Å². The smallest absolute Gasteiger partial charge is 0.275 e. The van der Waals surface area contributed by atoms with Crippen LogP contribution in [0.3, 0.4) is 0 Å². The highest BCUT2D eigenvalue weighted by Gasteiger charge is 2.18. The maximum atomic E-state index is 14.0. The second-order valence-electron chi connectivity index (χ2n) is 5.49. The van der Waals surface area contributed by atoms with Crippen molar-refractivity contribution in [2.75, 3.05) is 5.73 Å². The van der Waals surface area contributed by atoms with Gasteiger partial charge in [-0.3, -0.25) is 4.79 Å². The molecule has 26 heavy (non-hydrogen) atoms. The Morgan fingerprint density at radius 3 is 2.77 bits per heavy atom. The van der Waals surface area contributed by atoms with Crippen molar-refractivity contribution in [3.05, 3.63) is 74.6 Å². The summed E-state index contributed by atoms with van der Waals surface area (Å²) in [6, 6.07) is 11.8. The molecule has 0 spiro atoms. The highest BCUT2D eigenvalue weighted by atomic mass is 79.9. The molecule has 0 bridgehead atoms. The lowest BCUT2D eigenvalue weighted by Gasteiger charge is -2.07. The first-order chi connectivity index (χ1) is 12.5. The molecule has 0 saturated heterocycles. The van der Waals surface area contributed by atoms with E-state index in [0.29, 0.717) is 15.1 Å². The molecule has 6 nitrogen and oxygen atoms in total. The number of carbonyl (C=O) groups is 1.